The lowest BCUT2D eigenvalue weighted by Gasteiger charge is -2.29. The highest BCUT2D eigenvalue weighted by Gasteiger charge is 2.32. The maximum Gasteiger partial charge on any atom is 0.416 e. The van der Waals surface area contributed by atoms with Gasteiger partial charge < -0.3 is 15.5 Å². The maximum absolute atomic E-state index is 13.6. The molecule has 2 aromatic carbocycles. The van der Waals surface area contributed by atoms with E-state index in [0.29, 0.717) is 43.4 Å². The molecular formula is C25H27F4N5O. The molecule has 0 bridgehead atoms. The van der Waals surface area contributed by atoms with E-state index in [4.69, 9.17) is 0 Å². The zero-order valence-corrected chi connectivity index (χ0v) is 19.5. The van der Waals surface area contributed by atoms with Crippen LogP contribution in [0.3, 0.4) is 0 Å². The van der Waals surface area contributed by atoms with Crippen LogP contribution < -0.4 is 15.5 Å². The smallest absolute Gasteiger partial charge is 0.362 e. The van der Waals surface area contributed by atoms with E-state index in [1.165, 1.54) is 0 Å². The summed E-state index contributed by atoms with van der Waals surface area (Å²) >= 11 is 0. The molecule has 0 aliphatic heterocycles. The Balaban J connectivity index is 1.32. The molecule has 0 unspecified atom stereocenters. The summed E-state index contributed by atoms with van der Waals surface area (Å²) in [5, 5.41) is 7.05. The van der Waals surface area contributed by atoms with Gasteiger partial charge in [-0.15, -0.1) is 0 Å². The predicted octanol–water partition coefficient (Wildman–Crippen LogP) is 5.25. The number of rotatable bonds is 6. The first-order chi connectivity index (χ1) is 16.6. The Kier molecular flexibility index (Phi) is 7.09. The molecule has 3 aromatic rings. The molecule has 0 atom stereocenters. The van der Waals surface area contributed by atoms with Crippen LogP contribution in [0.4, 0.5) is 29.3 Å². The summed E-state index contributed by atoms with van der Waals surface area (Å²) in [5.74, 6) is -0.0672. The van der Waals surface area contributed by atoms with Crippen molar-refractivity contribution >= 4 is 28.6 Å². The highest BCUT2D eigenvalue weighted by Crippen LogP contribution is 2.31. The Hall–Kier alpha value is -3.43. The number of carbonyl (C=O) groups excluding carboxylic acids is 1. The van der Waals surface area contributed by atoms with E-state index in [2.05, 4.69) is 20.6 Å². The van der Waals surface area contributed by atoms with Gasteiger partial charge >= 0.3 is 6.18 Å². The molecule has 186 valence electrons. The molecule has 1 amide bonds. The second-order valence-electron chi connectivity index (χ2n) is 9.08. The number of anilines is 2. The van der Waals surface area contributed by atoms with E-state index in [0.717, 1.165) is 35.6 Å². The Bertz CT molecular complexity index is 1210. The molecule has 1 fully saturated rings. The molecule has 6 nitrogen and oxygen atoms in total. The summed E-state index contributed by atoms with van der Waals surface area (Å²) in [6.45, 7) is 0.671. The summed E-state index contributed by atoms with van der Waals surface area (Å²) in [6.07, 6.45) is -1.71. The molecule has 0 spiro atoms. The molecule has 1 aliphatic rings. The van der Waals surface area contributed by atoms with Gasteiger partial charge in [-0.1, -0.05) is 12.1 Å². The molecule has 0 saturated heterocycles. The number of hydrogen-bond donors (Lipinski definition) is 2. The number of benzene rings is 2. The Morgan fingerprint density at radius 2 is 1.77 bits per heavy atom. The zero-order valence-electron chi connectivity index (χ0n) is 19.5. The van der Waals surface area contributed by atoms with Crippen molar-refractivity contribution < 1.29 is 22.4 Å². The number of halogens is 4. The van der Waals surface area contributed by atoms with Crippen LogP contribution in [-0.4, -0.2) is 42.6 Å². The minimum absolute atomic E-state index is 0.173. The van der Waals surface area contributed by atoms with Crippen molar-refractivity contribution in [3.05, 3.63) is 59.4 Å². The molecule has 1 saturated carbocycles. The van der Waals surface area contributed by atoms with Gasteiger partial charge in [-0.3, -0.25) is 4.79 Å². The number of para-hydroxylation sites is 1. The first-order valence-corrected chi connectivity index (χ1v) is 11.5. The standard InChI is InChI=1S/C25H27F4N5O/c1-34(2)22-20-5-3-4-6-21(20)32-24(33-22)30-14-15-7-9-19(10-8-15)31-23(35)16-11-17(25(27,28)29)13-18(26)12-16/h3-6,11-13,15,19H,7-10,14H2,1-2H3,(H,31,35)(H,30,32,33). The third-order valence-corrected chi connectivity index (χ3v) is 6.22. The van der Waals surface area contributed by atoms with Crippen LogP contribution in [-0.2, 0) is 6.18 Å². The zero-order chi connectivity index (χ0) is 25.2. The average molecular weight is 490 g/mol. The topological polar surface area (TPSA) is 70.2 Å². The number of fused-ring (bicyclic) bond motifs is 1. The fourth-order valence-corrected chi connectivity index (χ4v) is 4.38. The number of carbonyl (C=O) groups is 1. The molecule has 1 heterocycles. The van der Waals surface area contributed by atoms with E-state index in [1.54, 1.807) is 0 Å². The SMILES string of the molecule is CN(C)c1nc(NCC2CCC(NC(=O)c3cc(F)cc(C(F)(F)F)c3)CC2)nc2ccccc12. The van der Waals surface area contributed by atoms with Crippen LogP contribution in [0.5, 0.6) is 0 Å². The number of hydrogen-bond acceptors (Lipinski definition) is 5. The molecule has 10 heteroatoms. The summed E-state index contributed by atoms with van der Waals surface area (Å²) in [6, 6.07) is 9.53. The van der Waals surface area contributed by atoms with E-state index in [-0.39, 0.29) is 11.6 Å². The molecule has 2 N–H and O–H groups in total. The number of nitrogens with zero attached hydrogens (tertiary/aromatic N) is 3. The van der Waals surface area contributed by atoms with Crippen molar-refractivity contribution in [1.82, 2.24) is 15.3 Å². The van der Waals surface area contributed by atoms with Gasteiger partial charge in [0.1, 0.15) is 11.6 Å². The average Bonchev–Trinajstić information content (AvgIpc) is 2.82. The van der Waals surface area contributed by atoms with Crippen molar-refractivity contribution in [3.8, 4) is 0 Å². The van der Waals surface area contributed by atoms with Crippen LogP contribution in [0.2, 0.25) is 0 Å². The minimum Gasteiger partial charge on any atom is -0.362 e. The van der Waals surface area contributed by atoms with E-state index >= 15 is 0 Å². The van der Waals surface area contributed by atoms with Crippen molar-refractivity contribution in [1.29, 1.82) is 0 Å². The monoisotopic (exact) mass is 489 g/mol. The first-order valence-electron chi connectivity index (χ1n) is 11.5. The van der Waals surface area contributed by atoms with Crippen molar-refractivity contribution in [3.63, 3.8) is 0 Å². The van der Waals surface area contributed by atoms with E-state index in [1.807, 2.05) is 43.3 Å². The van der Waals surface area contributed by atoms with Crippen LogP contribution in [0, 0.1) is 11.7 Å². The molecule has 0 radical (unpaired) electrons. The van der Waals surface area contributed by atoms with Crippen molar-refractivity contribution in [2.75, 3.05) is 30.9 Å². The van der Waals surface area contributed by atoms with Gasteiger partial charge in [0.25, 0.3) is 5.91 Å². The third kappa shape index (κ3) is 5.98. The van der Waals surface area contributed by atoms with Gasteiger partial charge in [0.05, 0.1) is 11.1 Å². The summed E-state index contributed by atoms with van der Waals surface area (Å²) < 4.78 is 52.4. The molecule has 1 aliphatic carbocycles. The number of aromatic nitrogens is 2. The van der Waals surface area contributed by atoms with Gasteiger partial charge in [0, 0.05) is 37.6 Å². The van der Waals surface area contributed by atoms with Crippen LogP contribution in [0.25, 0.3) is 10.9 Å². The molecule has 35 heavy (non-hydrogen) atoms. The normalized spacial score (nSPS) is 18.3. The largest absolute Gasteiger partial charge is 0.416 e. The van der Waals surface area contributed by atoms with Gasteiger partial charge in [0.15, 0.2) is 0 Å². The Labute approximate surface area is 200 Å². The lowest BCUT2D eigenvalue weighted by atomic mass is 9.86. The van der Waals surface area contributed by atoms with Crippen molar-refractivity contribution in [2.45, 2.75) is 37.9 Å². The van der Waals surface area contributed by atoms with Crippen molar-refractivity contribution in [2.24, 2.45) is 5.92 Å². The highest BCUT2D eigenvalue weighted by atomic mass is 19.4. The lowest BCUT2D eigenvalue weighted by Crippen LogP contribution is -2.38. The summed E-state index contributed by atoms with van der Waals surface area (Å²) in [7, 11) is 3.86. The van der Waals surface area contributed by atoms with Gasteiger partial charge in [-0.25, -0.2) is 9.37 Å². The predicted molar refractivity (Wildman–Crippen MR) is 127 cm³/mol. The second-order valence-corrected chi connectivity index (χ2v) is 9.08. The lowest BCUT2D eigenvalue weighted by molar-refractivity contribution is -0.137. The number of alkyl halides is 3. The fraction of sp³-hybridized carbons (Fsp3) is 0.400. The Morgan fingerprint density at radius 3 is 2.46 bits per heavy atom. The highest BCUT2D eigenvalue weighted by molar-refractivity contribution is 5.94. The van der Waals surface area contributed by atoms with Gasteiger partial charge in [-0.05, 0) is 61.9 Å². The maximum atomic E-state index is 13.6. The van der Waals surface area contributed by atoms with E-state index < -0.39 is 23.5 Å². The first kappa shape index (κ1) is 24.7. The number of amides is 1. The molecular weight excluding hydrogens is 462 g/mol. The Morgan fingerprint density at radius 1 is 1.06 bits per heavy atom. The minimum atomic E-state index is -4.72. The third-order valence-electron chi connectivity index (χ3n) is 6.22. The van der Waals surface area contributed by atoms with Gasteiger partial charge in [0.2, 0.25) is 5.95 Å². The summed E-state index contributed by atoms with van der Waals surface area (Å²) in [5.41, 5.74) is -0.650. The van der Waals surface area contributed by atoms with Crippen LogP contribution >= 0.6 is 0 Å². The van der Waals surface area contributed by atoms with Crippen LogP contribution in [0.15, 0.2) is 42.5 Å². The van der Waals surface area contributed by atoms with E-state index in [9.17, 15) is 22.4 Å². The fourth-order valence-electron chi connectivity index (χ4n) is 4.38. The second kappa shape index (κ2) is 10.1. The quantitative estimate of drug-likeness (QED) is 0.463. The number of nitrogens with one attached hydrogen (secondary N) is 2. The van der Waals surface area contributed by atoms with Gasteiger partial charge in [-0.2, -0.15) is 18.2 Å². The van der Waals surface area contributed by atoms with Crippen LogP contribution in [0.1, 0.15) is 41.6 Å². The molecule has 4 rings (SSSR count). The summed E-state index contributed by atoms with van der Waals surface area (Å²) in [4.78, 5) is 23.6. The molecule has 1 aromatic heterocycles.